The minimum absolute atomic E-state index is 0.101. The predicted octanol–water partition coefficient (Wildman–Crippen LogP) is -0.989. The summed E-state index contributed by atoms with van der Waals surface area (Å²) in [6.07, 6.45) is 0.228. The van der Waals surface area contributed by atoms with Crippen molar-refractivity contribution >= 4 is 17.7 Å². The van der Waals surface area contributed by atoms with E-state index >= 15 is 0 Å². The number of nitrogens with one attached hydrogen (secondary N) is 3. The summed E-state index contributed by atoms with van der Waals surface area (Å²) in [6, 6.07) is 0. The van der Waals surface area contributed by atoms with E-state index in [1.807, 2.05) is 0 Å². The lowest BCUT2D eigenvalue weighted by Crippen LogP contribution is -2.45. The third-order valence-electron chi connectivity index (χ3n) is 2.89. The van der Waals surface area contributed by atoms with Gasteiger partial charge in [0.25, 0.3) is 0 Å². The van der Waals surface area contributed by atoms with Gasteiger partial charge in [-0.3, -0.25) is 14.4 Å². The first-order valence-corrected chi connectivity index (χ1v) is 5.63. The van der Waals surface area contributed by atoms with Crippen molar-refractivity contribution in [3.63, 3.8) is 0 Å². The number of carbonyl (C=O) groups excluding carboxylic acids is 3. The Labute approximate surface area is 101 Å². The Morgan fingerprint density at radius 3 is 2.59 bits per heavy atom. The van der Waals surface area contributed by atoms with Crippen LogP contribution in [0, 0.1) is 11.3 Å². The van der Waals surface area contributed by atoms with E-state index in [1.54, 1.807) is 20.9 Å². The minimum atomic E-state index is -0.652. The molecule has 96 valence electrons. The molecule has 1 aliphatic heterocycles. The highest BCUT2D eigenvalue weighted by Gasteiger charge is 2.31. The molecule has 1 saturated heterocycles. The van der Waals surface area contributed by atoms with Gasteiger partial charge in [0.15, 0.2) is 0 Å². The Bertz CT molecular complexity index is 339. The largest absolute Gasteiger partial charge is 0.359 e. The first-order valence-electron chi connectivity index (χ1n) is 5.63. The lowest BCUT2D eigenvalue weighted by atomic mass is 9.92. The molecule has 1 atom stereocenters. The molecule has 3 N–H and O–H groups in total. The van der Waals surface area contributed by atoms with Crippen LogP contribution in [-0.2, 0) is 14.4 Å². The smallest absolute Gasteiger partial charge is 0.227 e. The molecule has 0 aromatic rings. The summed E-state index contributed by atoms with van der Waals surface area (Å²) in [5.41, 5.74) is -0.652. The van der Waals surface area contributed by atoms with Crippen LogP contribution in [0.3, 0.4) is 0 Å². The zero-order valence-electron chi connectivity index (χ0n) is 10.4. The third-order valence-corrected chi connectivity index (χ3v) is 2.89. The topological polar surface area (TPSA) is 87.3 Å². The molecule has 1 heterocycles. The average Bonchev–Trinajstić information content (AvgIpc) is 2.71. The molecule has 1 aliphatic rings. The lowest BCUT2D eigenvalue weighted by molar-refractivity contribution is -0.130. The summed E-state index contributed by atoms with van der Waals surface area (Å²) < 4.78 is 0. The van der Waals surface area contributed by atoms with Gasteiger partial charge in [0.05, 0.1) is 11.3 Å². The van der Waals surface area contributed by atoms with Gasteiger partial charge in [-0.25, -0.2) is 0 Å². The molecular weight excluding hydrogens is 222 g/mol. The number of carbonyl (C=O) groups is 3. The molecule has 0 spiro atoms. The number of amides is 3. The molecule has 1 unspecified atom stereocenters. The van der Waals surface area contributed by atoms with E-state index in [4.69, 9.17) is 0 Å². The van der Waals surface area contributed by atoms with Crippen LogP contribution < -0.4 is 16.0 Å². The summed E-state index contributed by atoms with van der Waals surface area (Å²) in [5, 5.41) is 7.86. The van der Waals surface area contributed by atoms with Crippen LogP contribution in [-0.4, -0.2) is 37.9 Å². The molecule has 1 rings (SSSR count). The van der Waals surface area contributed by atoms with Crippen molar-refractivity contribution in [3.05, 3.63) is 0 Å². The van der Waals surface area contributed by atoms with E-state index in [0.717, 1.165) is 0 Å². The fraction of sp³-hybridized carbons (Fsp3) is 0.727. The fourth-order valence-electron chi connectivity index (χ4n) is 1.66. The highest BCUT2D eigenvalue weighted by molar-refractivity contribution is 5.89. The van der Waals surface area contributed by atoms with Gasteiger partial charge in [-0.15, -0.1) is 0 Å². The van der Waals surface area contributed by atoms with E-state index in [1.165, 1.54) is 0 Å². The van der Waals surface area contributed by atoms with Crippen molar-refractivity contribution in [2.45, 2.75) is 20.3 Å². The van der Waals surface area contributed by atoms with Crippen molar-refractivity contribution < 1.29 is 14.4 Å². The average molecular weight is 241 g/mol. The van der Waals surface area contributed by atoms with Gasteiger partial charge in [0.1, 0.15) is 0 Å². The minimum Gasteiger partial charge on any atom is -0.359 e. The first-order chi connectivity index (χ1) is 7.86. The van der Waals surface area contributed by atoms with Crippen molar-refractivity contribution in [1.82, 2.24) is 16.0 Å². The summed E-state index contributed by atoms with van der Waals surface area (Å²) in [5.74, 6) is -0.725. The lowest BCUT2D eigenvalue weighted by Gasteiger charge is -2.23. The normalized spacial score (nSPS) is 19.7. The molecule has 6 heteroatoms. The Hall–Kier alpha value is -1.59. The summed E-state index contributed by atoms with van der Waals surface area (Å²) in [4.78, 5) is 34.2. The van der Waals surface area contributed by atoms with E-state index < -0.39 is 5.41 Å². The van der Waals surface area contributed by atoms with Crippen LogP contribution in [0.25, 0.3) is 0 Å². The Morgan fingerprint density at radius 1 is 1.47 bits per heavy atom. The molecule has 1 fully saturated rings. The Morgan fingerprint density at radius 2 is 2.12 bits per heavy atom. The molecule has 3 amide bonds. The highest BCUT2D eigenvalue weighted by atomic mass is 16.2. The van der Waals surface area contributed by atoms with Crippen molar-refractivity contribution in [1.29, 1.82) is 0 Å². The Balaban J connectivity index is 2.42. The van der Waals surface area contributed by atoms with E-state index in [2.05, 4.69) is 16.0 Å². The molecule has 0 aromatic heterocycles. The summed E-state index contributed by atoms with van der Waals surface area (Å²) in [7, 11) is 1.56. The summed E-state index contributed by atoms with van der Waals surface area (Å²) in [6.45, 7) is 4.15. The molecule has 17 heavy (non-hydrogen) atoms. The standard InChI is InChI=1S/C11H19N3O3/c1-11(2,10(17)12-3)6-14-9(16)7-4-8(15)13-5-7/h7H,4-6H2,1-3H3,(H,12,17)(H,13,15)(H,14,16). The quantitative estimate of drug-likeness (QED) is 0.590. The van der Waals surface area contributed by atoms with Crippen molar-refractivity contribution in [2.75, 3.05) is 20.1 Å². The molecular formula is C11H19N3O3. The second kappa shape index (κ2) is 5.16. The molecule has 0 radical (unpaired) electrons. The van der Waals surface area contributed by atoms with Gasteiger partial charge >= 0.3 is 0 Å². The SMILES string of the molecule is CNC(=O)C(C)(C)CNC(=O)C1CNC(=O)C1. The van der Waals surface area contributed by atoms with Crippen LogP contribution in [0.2, 0.25) is 0 Å². The first kappa shape index (κ1) is 13.5. The van der Waals surface area contributed by atoms with E-state index in [0.29, 0.717) is 6.54 Å². The summed E-state index contributed by atoms with van der Waals surface area (Å²) >= 11 is 0. The van der Waals surface area contributed by atoms with Crippen LogP contribution in [0.4, 0.5) is 0 Å². The molecule has 0 saturated carbocycles. The fourth-order valence-corrected chi connectivity index (χ4v) is 1.66. The number of hydrogen-bond acceptors (Lipinski definition) is 3. The van der Waals surface area contributed by atoms with Gasteiger partial charge in [0, 0.05) is 26.6 Å². The molecule has 6 nitrogen and oxygen atoms in total. The van der Waals surface area contributed by atoms with Gasteiger partial charge in [-0.1, -0.05) is 0 Å². The number of rotatable bonds is 4. The zero-order valence-corrected chi connectivity index (χ0v) is 10.4. The Kier molecular flexibility index (Phi) is 4.09. The highest BCUT2D eigenvalue weighted by Crippen LogP contribution is 2.14. The van der Waals surface area contributed by atoms with Gasteiger partial charge < -0.3 is 16.0 Å². The maximum Gasteiger partial charge on any atom is 0.227 e. The maximum absolute atomic E-state index is 11.7. The monoisotopic (exact) mass is 241 g/mol. The van der Waals surface area contributed by atoms with Gasteiger partial charge in [0.2, 0.25) is 17.7 Å². The van der Waals surface area contributed by atoms with E-state index in [-0.39, 0.29) is 36.6 Å². The van der Waals surface area contributed by atoms with Crippen molar-refractivity contribution in [3.8, 4) is 0 Å². The third kappa shape index (κ3) is 3.44. The van der Waals surface area contributed by atoms with Crippen LogP contribution in [0.1, 0.15) is 20.3 Å². The molecule has 0 aromatic carbocycles. The second-order valence-electron chi connectivity index (χ2n) is 4.89. The number of hydrogen-bond donors (Lipinski definition) is 3. The van der Waals surface area contributed by atoms with Crippen LogP contribution >= 0.6 is 0 Å². The predicted molar refractivity (Wildman–Crippen MR) is 62.0 cm³/mol. The van der Waals surface area contributed by atoms with E-state index in [9.17, 15) is 14.4 Å². The van der Waals surface area contributed by atoms with Gasteiger partial charge in [-0.2, -0.15) is 0 Å². The second-order valence-corrected chi connectivity index (χ2v) is 4.89. The maximum atomic E-state index is 11.7. The van der Waals surface area contributed by atoms with Gasteiger partial charge in [-0.05, 0) is 13.8 Å². The molecule has 0 bridgehead atoms. The van der Waals surface area contributed by atoms with Crippen LogP contribution in [0.15, 0.2) is 0 Å². The van der Waals surface area contributed by atoms with Crippen molar-refractivity contribution in [2.24, 2.45) is 11.3 Å². The van der Waals surface area contributed by atoms with Crippen LogP contribution in [0.5, 0.6) is 0 Å². The molecule has 0 aliphatic carbocycles. The zero-order chi connectivity index (χ0) is 13.1.